The van der Waals surface area contributed by atoms with E-state index < -0.39 is 6.04 Å². The summed E-state index contributed by atoms with van der Waals surface area (Å²) in [5, 5.41) is 2.88. The standard InChI is InChI=1S/C23H37N3O5/c1-7-16(2)22(23(28)31-6)24-21(27)15-26-10-8-25(9-11-26)14-18-13-20(30-5)19(29-4)12-17(18)3/h12-13,16,22H,7-11,14-15H2,1-6H3,(H,24,27)/p+2/t16-,22-/m1/s1. The van der Waals surface area contributed by atoms with Crippen LogP contribution in [0.25, 0.3) is 0 Å². The average molecular weight is 438 g/mol. The summed E-state index contributed by atoms with van der Waals surface area (Å²) in [5.41, 5.74) is 2.45. The molecule has 1 aliphatic heterocycles. The Kier molecular flexibility index (Phi) is 9.58. The van der Waals surface area contributed by atoms with Gasteiger partial charge in [-0.05, 0) is 30.5 Å². The lowest BCUT2D eigenvalue weighted by Crippen LogP contribution is -3.28. The van der Waals surface area contributed by atoms with Gasteiger partial charge in [-0.15, -0.1) is 0 Å². The molecule has 8 heteroatoms. The van der Waals surface area contributed by atoms with E-state index in [9.17, 15) is 9.59 Å². The molecule has 1 fully saturated rings. The van der Waals surface area contributed by atoms with Gasteiger partial charge in [-0.2, -0.15) is 0 Å². The number of carbonyl (C=O) groups excluding carboxylic acids is 2. The van der Waals surface area contributed by atoms with Gasteiger partial charge in [0, 0.05) is 5.56 Å². The summed E-state index contributed by atoms with van der Waals surface area (Å²) in [6.07, 6.45) is 0.796. The summed E-state index contributed by atoms with van der Waals surface area (Å²) >= 11 is 0. The molecular formula is C23H39N3O5+2. The number of amides is 1. The zero-order chi connectivity index (χ0) is 23.0. The van der Waals surface area contributed by atoms with Crippen LogP contribution in [0.1, 0.15) is 31.4 Å². The highest BCUT2D eigenvalue weighted by atomic mass is 16.5. The number of nitrogens with one attached hydrogen (secondary N) is 3. The first-order valence-corrected chi connectivity index (χ1v) is 11.1. The Morgan fingerprint density at radius 2 is 1.61 bits per heavy atom. The highest BCUT2D eigenvalue weighted by molar-refractivity contribution is 5.85. The van der Waals surface area contributed by atoms with Gasteiger partial charge in [0.1, 0.15) is 38.8 Å². The highest BCUT2D eigenvalue weighted by Crippen LogP contribution is 2.29. The summed E-state index contributed by atoms with van der Waals surface area (Å²) in [6.45, 7) is 11.2. The fraction of sp³-hybridized carbons (Fsp3) is 0.652. The van der Waals surface area contributed by atoms with Crippen molar-refractivity contribution in [1.29, 1.82) is 0 Å². The van der Waals surface area contributed by atoms with Crippen molar-refractivity contribution in [3.63, 3.8) is 0 Å². The molecule has 1 amide bonds. The molecule has 0 radical (unpaired) electrons. The molecule has 0 aromatic heterocycles. The van der Waals surface area contributed by atoms with Gasteiger partial charge >= 0.3 is 5.97 Å². The lowest BCUT2D eigenvalue weighted by Gasteiger charge is -2.30. The number of benzene rings is 1. The summed E-state index contributed by atoms with van der Waals surface area (Å²) in [6, 6.07) is 3.51. The summed E-state index contributed by atoms with van der Waals surface area (Å²) < 4.78 is 15.7. The lowest BCUT2D eigenvalue weighted by atomic mass is 9.99. The number of hydrogen-bond donors (Lipinski definition) is 3. The number of piperazine rings is 1. The van der Waals surface area contributed by atoms with E-state index in [2.05, 4.69) is 18.3 Å². The number of hydrogen-bond acceptors (Lipinski definition) is 5. The van der Waals surface area contributed by atoms with E-state index in [1.807, 2.05) is 19.9 Å². The molecule has 1 saturated heterocycles. The third-order valence-corrected chi connectivity index (χ3v) is 6.34. The van der Waals surface area contributed by atoms with Crippen molar-refractivity contribution in [3.8, 4) is 11.5 Å². The number of ether oxygens (including phenoxy) is 3. The van der Waals surface area contributed by atoms with Crippen LogP contribution >= 0.6 is 0 Å². The number of rotatable bonds is 10. The Morgan fingerprint density at radius 3 is 2.16 bits per heavy atom. The number of methoxy groups -OCH3 is 3. The fourth-order valence-electron chi connectivity index (χ4n) is 4.04. The molecule has 174 valence electrons. The van der Waals surface area contributed by atoms with Gasteiger partial charge < -0.3 is 29.3 Å². The highest BCUT2D eigenvalue weighted by Gasteiger charge is 2.30. The Morgan fingerprint density at radius 1 is 1.03 bits per heavy atom. The molecule has 1 aromatic rings. The summed E-state index contributed by atoms with van der Waals surface area (Å²) in [5.74, 6) is 1.08. The van der Waals surface area contributed by atoms with E-state index in [1.54, 1.807) is 14.2 Å². The second-order valence-electron chi connectivity index (χ2n) is 8.44. The van der Waals surface area contributed by atoms with Crippen LogP contribution in [0.3, 0.4) is 0 Å². The minimum Gasteiger partial charge on any atom is -0.493 e. The van der Waals surface area contributed by atoms with Crippen LogP contribution in [-0.4, -0.2) is 72.0 Å². The molecule has 1 aromatic carbocycles. The predicted octanol–water partition coefficient (Wildman–Crippen LogP) is -1.00. The zero-order valence-corrected chi connectivity index (χ0v) is 19.8. The quantitative estimate of drug-likeness (QED) is 0.409. The molecule has 0 bridgehead atoms. The van der Waals surface area contributed by atoms with E-state index in [0.29, 0.717) is 6.54 Å². The van der Waals surface area contributed by atoms with Crippen molar-refractivity contribution in [2.24, 2.45) is 5.92 Å². The molecule has 1 heterocycles. The number of carbonyl (C=O) groups is 2. The van der Waals surface area contributed by atoms with Crippen LogP contribution in [-0.2, 0) is 20.9 Å². The van der Waals surface area contributed by atoms with Crippen molar-refractivity contribution in [3.05, 3.63) is 23.3 Å². The Balaban J connectivity index is 1.87. The maximum absolute atomic E-state index is 12.5. The SMILES string of the molecule is CC[C@@H](C)[C@@H](NC(=O)C[NH+]1CC[NH+](Cc2cc(OC)c(OC)cc2C)CC1)C(=O)OC. The topological polar surface area (TPSA) is 82.7 Å². The van der Waals surface area contributed by atoms with Crippen molar-refractivity contribution in [2.75, 3.05) is 54.1 Å². The van der Waals surface area contributed by atoms with Crippen LogP contribution in [0, 0.1) is 12.8 Å². The summed E-state index contributed by atoms with van der Waals surface area (Å²) in [4.78, 5) is 27.3. The van der Waals surface area contributed by atoms with Gasteiger partial charge in [-0.25, -0.2) is 4.79 Å². The van der Waals surface area contributed by atoms with E-state index >= 15 is 0 Å². The number of quaternary nitrogens is 2. The first-order chi connectivity index (χ1) is 14.8. The third-order valence-electron chi connectivity index (χ3n) is 6.34. The van der Waals surface area contributed by atoms with Gasteiger partial charge in [0.05, 0.1) is 21.3 Å². The zero-order valence-electron chi connectivity index (χ0n) is 19.8. The Labute approximate surface area is 185 Å². The van der Waals surface area contributed by atoms with Crippen molar-refractivity contribution in [1.82, 2.24) is 5.32 Å². The average Bonchev–Trinajstić information content (AvgIpc) is 2.78. The van der Waals surface area contributed by atoms with Gasteiger partial charge in [-0.3, -0.25) is 4.79 Å². The second kappa shape index (κ2) is 11.9. The first-order valence-electron chi connectivity index (χ1n) is 11.1. The van der Waals surface area contributed by atoms with Gasteiger partial charge in [0.2, 0.25) is 0 Å². The third kappa shape index (κ3) is 6.83. The number of aryl methyl sites for hydroxylation is 1. The van der Waals surface area contributed by atoms with E-state index in [0.717, 1.165) is 50.6 Å². The fourth-order valence-corrected chi connectivity index (χ4v) is 4.04. The van der Waals surface area contributed by atoms with Crippen molar-refractivity contribution < 1.29 is 33.6 Å². The molecule has 0 saturated carbocycles. The monoisotopic (exact) mass is 437 g/mol. The van der Waals surface area contributed by atoms with E-state index in [1.165, 1.54) is 28.0 Å². The summed E-state index contributed by atoms with van der Waals surface area (Å²) in [7, 11) is 4.66. The smallest absolute Gasteiger partial charge is 0.328 e. The second-order valence-corrected chi connectivity index (χ2v) is 8.44. The van der Waals surface area contributed by atoms with Crippen LogP contribution in [0.5, 0.6) is 11.5 Å². The van der Waals surface area contributed by atoms with Crippen LogP contribution < -0.4 is 24.6 Å². The molecule has 31 heavy (non-hydrogen) atoms. The molecule has 0 aliphatic carbocycles. The predicted molar refractivity (Wildman–Crippen MR) is 118 cm³/mol. The van der Waals surface area contributed by atoms with Crippen molar-refractivity contribution in [2.45, 2.75) is 39.8 Å². The first kappa shape index (κ1) is 24.9. The largest absolute Gasteiger partial charge is 0.493 e. The maximum atomic E-state index is 12.5. The van der Waals surface area contributed by atoms with E-state index in [-0.39, 0.29) is 17.8 Å². The van der Waals surface area contributed by atoms with Crippen LogP contribution in [0.4, 0.5) is 0 Å². The Hall–Kier alpha value is -2.32. The minimum atomic E-state index is -0.582. The van der Waals surface area contributed by atoms with E-state index in [4.69, 9.17) is 14.2 Å². The molecule has 1 aliphatic rings. The maximum Gasteiger partial charge on any atom is 0.328 e. The lowest BCUT2D eigenvalue weighted by molar-refractivity contribution is -1.02. The molecule has 2 atom stereocenters. The Bertz CT molecular complexity index is 747. The van der Waals surface area contributed by atoms with Gasteiger partial charge in [0.15, 0.2) is 18.0 Å². The molecule has 3 N–H and O–H groups in total. The molecule has 0 spiro atoms. The molecule has 8 nitrogen and oxygen atoms in total. The molecular weight excluding hydrogens is 398 g/mol. The van der Waals surface area contributed by atoms with Crippen LogP contribution in [0.2, 0.25) is 0 Å². The minimum absolute atomic E-state index is 0.0393. The number of esters is 1. The van der Waals surface area contributed by atoms with Gasteiger partial charge in [0.25, 0.3) is 5.91 Å². The van der Waals surface area contributed by atoms with Crippen molar-refractivity contribution >= 4 is 11.9 Å². The van der Waals surface area contributed by atoms with Gasteiger partial charge in [-0.1, -0.05) is 20.3 Å². The van der Waals surface area contributed by atoms with Crippen LogP contribution in [0.15, 0.2) is 12.1 Å². The molecule has 0 unspecified atom stereocenters. The molecule has 2 rings (SSSR count). The normalized spacial score (nSPS) is 20.5.